The summed E-state index contributed by atoms with van der Waals surface area (Å²) in [6, 6.07) is 12.9. The Balaban J connectivity index is 1.95. The second-order valence-corrected chi connectivity index (χ2v) is 5.20. The minimum absolute atomic E-state index is 0.0706. The highest BCUT2D eigenvalue weighted by Gasteiger charge is 2.15. The maximum absolute atomic E-state index is 11.9. The molecule has 0 aliphatic heterocycles. The minimum atomic E-state index is -0.751. The van der Waals surface area contributed by atoms with Gasteiger partial charge in [-0.05, 0) is 30.3 Å². The molecular weight excluding hydrogens is 339 g/mol. The predicted octanol–water partition coefficient (Wildman–Crippen LogP) is 3.66. The van der Waals surface area contributed by atoms with E-state index in [9.17, 15) is 9.59 Å². The van der Waals surface area contributed by atoms with Crippen molar-refractivity contribution >= 4 is 40.8 Å². The number of carbonyl (C=O) groups excluding carboxylic acids is 2. The number of nitrogens with one attached hydrogen (secondary N) is 1. The van der Waals surface area contributed by atoms with E-state index in [1.54, 1.807) is 24.3 Å². The Bertz CT molecular complexity index is 800. The lowest BCUT2D eigenvalue weighted by molar-refractivity contribution is -0.119. The van der Waals surface area contributed by atoms with Crippen molar-refractivity contribution in [2.45, 2.75) is 0 Å². The zero-order valence-corrected chi connectivity index (χ0v) is 13.2. The first kappa shape index (κ1) is 16.8. The van der Waals surface area contributed by atoms with Crippen LogP contribution in [0.15, 0.2) is 42.5 Å². The van der Waals surface area contributed by atoms with E-state index in [4.69, 9.17) is 33.2 Å². The number of hydrogen-bond acceptors (Lipinski definition) is 4. The van der Waals surface area contributed by atoms with Gasteiger partial charge in [-0.25, -0.2) is 4.79 Å². The first-order valence-electron chi connectivity index (χ1n) is 6.42. The van der Waals surface area contributed by atoms with Crippen LogP contribution in [0.2, 0.25) is 10.0 Å². The molecule has 0 saturated carbocycles. The lowest BCUT2D eigenvalue weighted by Gasteiger charge is -2.08. The number of halogens is 2. The van der Waals surface area contributed by atoms with Crippen molar-refractivity contribution in [3.05, 3.63) is 63.6 Å². The summed E-state index contributed by atoms with van der Waals surface area (Å²) in [5.74, 6) is -1.29. The highest BCUT2D eigenvalue weighted by atomic mass is 35.5. The van der Waals surface area contributed by atoms with E-state index >= 15 is 0 Å². The first-order valence-corrected chi connectivity index (χ1v) is 7.18. The summed E-state index contributed by atoms with van der Waals surface area (Å²) in [5, 5.41) is 11.6. The predicted molar refractivity (Wildman–Crippen MR) is 86.5 cm³/mol. The quantitative estimate of drug-likeness (QED) is 0.855. The van der Waals surface area contributed by atoms with Crippen molar-refractivity contribution < 1.29 is 14.3 Å². The largest absolute Gasteiger partial charge is 0.452 e. The summed E-state index contributed by atoms with van der Waals surface area (Å²) in [7, 11) is 0. The van der Waals surface area contributed by atoms with Crippen molar-refractivity contribution in [3.8, 4) is 6.07 Å². The van der Waals surface area contributed by atoms with Gasteiger partial charge in [0.1, 0.15) is 0 Å². The zero-order chi connectivity index (χ0) is 16.8. The number of nitrogens with zero attached hydrogens (tertiary/aromatic N) is 1. The van der Waals surface area contributed by atoms with Crippen molar-refractivity contribution in [1.82, 2.24) is 0 Å². The summed E-state index contributed by atoms with van der Waals surface area (Å²) in [4.78, 5) is 23.7. The number of ether oxygens (including phenoxy) is 1. The van der Waals surface area contributed by atoms with Crippen LogP contribution >= 0.6 is 23.2 Å². The van der Waals surface area contributed by atoms with Crippen LogP contribution in [0.5, 0.6) is 0 Å². The van der Waals surface area contributed by atoms with E-state index in [2.05, 4.69) is 5.32 Å². The van der Waals surface area contributed by atoms with Gasteiger partial charge in [0.05, 0.1) is 27.2 Å². The summed E-state index contributed by atoms with van der Waals surface area (Å²) in [6.45, 7) is -0.488. The minimum Gasteiger partial charge on any atom is -0.452 e. The van der Waals surface area contributed by atoms with E-state index in [0.717, 1.165) is 0 Å². The van der Waals surface area contributed by atoms with Crippen LogP contribution in [-0.2, 0) is 9.53 Å². The second kappa shape index (κ2) is 7.63. The Morgan fingerprint density at radius 3 is 2.65 bits per heavy atom. The molecule has 7 heteroatoms. The van der Waals surface area contributed by atoms with Gasteiger partial charge in [0.2, 0.25) is 0 Å². The topological polar surface area (TPSA) is 79.2 Å². The summed E-state index contributed by atoms with van der Waals surface area (Å²) in [6.07, 6.45) is 0. The van der Waals surface area contributed by atoms with E-state index in [0.29, 0.717) is 11.3 Å². The van der Waals surface area contributed by atoms with Crippen LogP contribution < -0.4 is 5.32 Å². The molecule has 2 rings (SSSR count). The molecule has 0 fully saturated rings. The fourth-order valence-electron chi connectivity index (χ4n) is 1.73. The Labute approximate surface area is 142 Å². The Morgan fingerprint density at radius 2 is 1.91 bits per heavy atom. The fraction of sp³-hybridized carbons (Fsp3) is 0.0625. The zero-order valence-electron chi connectivity index (χ0n) is 11.7. The average molecular weight is 349 g/mol. The van der Waals surface area contributed by atoms with Crippen LogP contribution in [0.1, 0.15) is 15.9 Å². The molecule has 116 valence electrons. The fourth-order valence-corrected chi connectivity index (χ4v) is 2.11. The van der Waals surface area contributed by atoms with Crippen molar-refractivity contribution in [2.24, 2.45) is 0 Å². The molecule has 2 aromatic rings. The first-order chi connectivity index (χ1) is 11.0. The van der Waals surface area contributed by atoms with Gasteiger partial charge in [-0.1, -0.05) is 35.3 Å². The summed E-state index contributed by atoms with van der Waals surface area (Å²) >= 11 is 11.7. The molecular formula is C16H10Cl2N2O3. The molecule has 1 N–H and O–H groups in total. The molecule has 1 amide bonds. The number of anilines is 1. The SMILES string of the molecule is N#Cc1cccc(NC(=O)COC(=O)c2cccc(Cl)c2Cl)c1. The molecule has 0 aromatic heterocycles. The lowest BCUT2D eigenvalue weighted by Crippen LogP contribution is -2.21. The molecule has 0 aliphatic rings. The van der Waals surface area contributed by atoms with Gasteiger partial charge in [0.15, 0.2) is 6.61 Å². The van der Waals surface area contributed by atoms with Crippen LogP contribution in [0.3, 0.4) is 0 Å². The maximum Gasteiger partial charge on any atom is 0.340 e. The number of rotatable bonds is 4. The molecule has 0 saturated heterocycles. The van der Waals surface area contributed by atoms with Crippen LogP contribution in [0.25, 0.3) is 0 Å². The van der Waals surface area contributed by atoms with Gasteiger partial charge in [0.25, 0.3) is 5.91 Å². The third kappa shape index (κ3) is 4.46. The molecule has 0 unspecified atom stereocenters. The van der Waals surface area contributed by atoms with Gasteiger partial charge in [-0.15, -0.1) is 0 Å². The molecule has 0 atom stereocenters. The van der Waals surface area contributed by atoms with Gasteiger partial charge in [0, 0.05) is 5.69 Å². The molecule has 0 spiro atoms. The Hall–Kier alpha value is -2.55. The standard InChI is InChI=1S/C16H10Cl2N2O3/c17-13-6-2-5-12(15(13)18)16(22)23-9-14(21)20-11-4-1-3-10(7-11)8-19/h1-7H,9H2,(H,20,21). The molecule has 0 bridgehead atoms. The Morgan fingerprint density at radius 1 is 1.17 bits per heavy atom. The molecule has 0 heterocycles. The summed E-state index contributed by atoms with van der Waals surface area (Å²) in [5.41, 5.74) is 0.926. The highest BCUT2D eigenvalue weighted by Crippen LogP contribution is 2.25. The highest BCUT2D eigenvalue weighted by molar-refractivity contribution is 6.43. The molecule has 0 aliphatic carbocycles. The normalized spacial score (nSPS) is 9.78. The van der Waals surface area contributed by atoms with Gasteiger partial charge in [-0.2, -0.15) is 5.26 Å². The Kier molecular flexibility index (Phi) is 5.58. The molecule has 5 nitrogen and oxygen atoms in total. The number of hydrogen-bond donors (Lipinski definition) is 1. The maximum atomic E-state index is 11.9. The second-order valence-electron chi connectivity index (χ2n) is 4.42. The van der Waals surface area contributed by atoms with Crippen molar-refractivity contribution in [3.63, 3.8) is 0 Å². The van der Waals surface area contributed by atoms with E-state index in [1.165, 1.54) is 18.2 Å². The third-order valence-electron chi connectivity index (χ3n) is 2.78. The smallest absolute Gasteiger partial charge is 0.340 e. The number of carbonyl (C=O) groups is 2. The number of esters is 1. The number of benzene rings is 2. The van der Waals surface area contributed by atoms with Gasteiger partial charge < -0.3 is 10.1 Å². The van der Waals surface area contributed by atoms with E-state index in [-0.39, 0.29) is 15.6 Å². The molecule has 0 radical (unpaired) electrons. The average Bonchev–Trinajstić information content (AvgIpc) is 2.55. The molecule has 23 heavy (non-hydrogen) atoms. The van der Waals surface area contributed by atoms with E-state index < -0.39 is 18.5 Å². The lowest BCUT2D eigenvalue weighted by atomic mass is 10.2. The van der Waals surface area contributed by atoms with Crippen molar-refractivity contribution in [2.75, 3.05) is 11.9 Å². The van der Waals surface area contributed by atoms with Gasteiger partial charge in [-0.3, -0.25) is 4.79 Å². The van der Waals surface area contributed by atoms with Crippen LogP contribution in [0.4, 0.5) is 5.69 Å². The monoisotopic (exact) mass is 348 g/mol. The summed E-state index contributed by atoms with van der Waals surface area (Å²) < 4.78 is 4.90. The van der Waals surface area contributed by atoms with E-state index in [1.807, 2.05) is 6.07 Å². The van der Waals surface area contributed by atoms with Crippen LogP contribution in [0, 0.1) is 11.3 Å². The van der Waals surface area contributed by atoms with Crippen molar-refractivity contribution in [1.29, 1.82) is 5.26 Å². The van der Waals surface area contributed by atoms with Gasteiger partial charge >= 0.3 is 5.97 Å². The third-order valence-corrected chi connectivity index (χ3v) is 3.60. The number of amides is 1. The number of nitriles is 1. The van der Waals surface area contributed by atoms with Crippen LogP contribution in [-0.4, -0.2) is 18.5 Å². The molecule has 2 aromatic carbocycles.